The minimum atomic E-state index is 0.436. The summed E-state index contributed by atoms with van der Waals surface area (Å²) in [5.74, 6) is 14.5. The number of hydrogen-bond donors (Lipinski definition) is 0. The third-order valence-electron chi connectivity index (χ3n) is 22.2. The van der Waals surface area contributed by atoms with Gasteiger partial charge in [0, 0.05) is 140 Å². The molecular weight excluding hydrogens is 1660 g/mol. The summed E-state index contributed by atoms with van der Waals surface area (Å²) in [7, 11) is 0. The standard InChI is InChI=1S/C9H18.2C9H12.C8H11N.C8H16O.C8H16.5C7H10N2.C7H14O.3C6H9NS/c3*1-8(2)9-6-4-3-5-7-9;1-7(2)8-4-3-5-9-6-8;1-7(2)8-3-5-9-6-4-8;1-7(2)8-5-3-4-6-8;1-6(2)7-3-8-5-9-4-7;1-6(2)7-5-8-3-4-9-7;1-6(2)7-3-4-8-5-9-7;1-6(2)7-8-4-3-5-9-7;1-6(2)7-4-3-5-8-9-7;1-6(2)7-3-4-8-5-7;1-5(2)6-3-8-4-7-6;1-5(2)6-3-7-4-8-6;1-5(2)6-7-3-4-8-6/h8-9H,3-7H2,1-2H3;2*3-8H,1-2H3;3-7H,1-2H3;7-8H,3-6H2,1-2H3;7-8H,3-6H2,1-2H3;5*3-6H,1-2H3;6-7H,3-5H2,1-2H3;3*3-5H,1-2H3. The van der Waals surface area contributed by atoms with Crippen LogP contribution in [0.15, 0.2) is 212 Å². The lowest BCUT2D eigenvalue weighted by Gasteiger charge is -2.24. The van der Waals surface area contributed by atoms with E-state index in [9.17, 15) is 0 Å². The molecule has 15 rings (SSSR count). The summed E-state index contributed by atoms with van der Waals surface area (Å²) in [6.45, 7) is 69.6. The second kappa shape index (κ2) is 75.2. The molecule has 2 aromatic carbocycles. The van der Waals surface area contributed by atoms with Gasteiger partial charge in [0.1, 0.15) is 18.5 Å². The van der Waals surface area contributed by atoms with E-state index >= 15 is 0 Å². The van der Waals surface area contributed by atoms with Crippen LogP contribution in [0.2, 0.25) is 0 Å². The molecule has 0 bridgehead atoms. The monoisotopic (exact) mass is 1830 g/mol. The average molecular weight is 1830 g/mol. The first-order chi connectivity index (χ1) is 62.1. The van der Waals surface area contributed by atoms with Crippen LogP contribution >= 0.6 is 34.0 Å². The second-order valence-electron chi connectivity index (χ2n) is 38.2. The first kappa shape index (κ1) is 120. The zero-order valence-corrected chi connectivity index (χ0v) is 88.7. The van der Waals surface area contributed by atoms with Crippen molar-refractivity contribution >= 4 is 34.0 Å². The van der Waals surface area contributed by atoms with Crippen molar-refractivity contribution < 1.29 is 9.47 Å². The van der Waals surface area contributed by atoms with E-state index in [2.05, 4.69) is 338 Å². The van der Waals surface area contributed by atoms with Gasteiger partial charge in [-0.15, -0.1) is 34.0 Å². The Kier molecular flexibility index (Phi) is 69.3. The molecule has 4 fully saturated rings. The van der Waals surface area contributed by atoms with Gasteiger partial charge in [-0.1, -0.05) is 332 Å². The van der Waals surface area contributed by atoms with Crippen molar-refractivity contribution in [3.63, 3.8) is 0 Å². The van der Waals surface area contributed by atoms with E-state index in [-0.39, 0.29) is 0 Å². The van der Waals surface area contributed by atoms with Gasteiger partial charge >= 0.3 is 0 Å². The van der Waals surface area contributed by atoms with E-state index < -0.39 is 0 Å². The molecule has 720 valence electrons. The molecule has 130 heavy (non-hydrogen) atoms. The van der Waals surface area contributed by atoms with Gasteiger partial charge in [-0.25, -0.2) is 39.9 Å². The lowest BCUT2D eigenvalue weighted by Crippen LogP contribution is -2.19. The molecule has 2 aliphatic heterocycles. The van der Waals surface area contributed by atoms with Gasteiger partial charge in [-0.3, -0.25) is 19.9 Å². The van der Waals surface area contributed by atoms with Crippen LogP contribution in [0.4, 0.5) is 0 Å². The fourth-order valence-corrected chi connectivity index (χ4v) is 14.9. The Morgan fingerprint density at radius 2 is 0.769 bits per heavy atom. The smallest absolute Gasteiger partial charge is 0.130 e. The van der Waals surface area contributed by atoms with Crippen LogP contribution in [-0.2, 0) is 9.47 Å². The Hall–Kier alpha value is -8.20. The largest absolute Gasteiger partial charge is 0.381 e. The number of ether oxygens (including phenoxy) is 2. The molecule has 11 heterocycles. The number of rotatable bonds is 15. The molecule has 2 saturated carbocycles. The van der Waals surface area contributed by atoms with Crippen molar-refractivity contribution in [2.75, 3.05) is 26.4 Å². The van der Waals surface area contributed by atoms with E-state index in [0.29, 0.717) is 65.1 Å². The Bertz CT molecular complexity index is 3510. The molecule has 1 unspecified atom stereocenters. The summed E-state index contributed by atoms with van der Waals surface area (Å²) in [6, 6.07) is 32.8. The molecule has 0 N–H and O–H groups in total. The van der Waals surface area contributed by atoms with Gasteiger partial charge in [-0.2, -0.15) is 10.2 Å². The SMILES string of the molecule is CC(C)C1CCCC1.CC(C)C1CCCCC1.CC(C)C1CCOC1.CC(C)C1CCOCC1.CC(C)c1ccccc1.CC(C)c1ccccc1.CC(C)c1cccnc1.CC(C)c1cccnn1.CC(C)c1ccncn1.CC(C)c1cnccn1.CC(C)c1cncnc1.CC(C)c1cncs1.CC(C)c1cscn1.CC(C)c1ncccn1.CC(C)c1nccs1. The molecule has 0 spiro atoms. The molecule has 11 aromatic rings. The van der Waals surface area contributed by atoms with Crippen molar-refractivity contribution in [3.05, 3.63) is 273 Å². The zero-order valence-electron chi connectivity index (χ0n) is 86.3. The highest BCUT2D eigenvalue weighted by Gasteiger charge is 2.20. The maximum Gasteiger partial charge on any atom is 0.130 e. The first-order valence-electron chi connectivity index (χ1n) is 48.7. The first-order valence-corrected chi connectivity index (χ1v) is 51.4. The predicted molar refractivity (Wildman–Crippen MR) is 559 cm³/mol. The summed E-state index contributed by atoms with van der Waals surface area (Å²) in [5.41, 5.74) is 13.5. The highest BCUT2D eigenvalue weighted by molar-refractivity contribution is 7.10. The lowest BCUT2D eigenvalue weighted by atomic mass is 9.82. The van der Waals surface area contributed by atoms with Crippen LogP contribution in [0.5, 0.6) is 0 Å². The van der Waals surface area contributed by atoms with Crippen LogP contribution in [0, 0.1) is 47.3 Å². The third-order valence-corrected chi connectivity index (χ3v) is 25.0. The molecule has 16 nitrogen and oxygen atoms in total. The Morgan fingerprint density at radius 1 is 0.285 bits per heavy atom. The molecule has 19 heteroatoms. The van der Waals surface area contributed by atoms with Crippen LogP contribution in [0.1, 0.15) is 411 Å². The van der Waals surface area contributed by atoms with E-state index in [1.165, 1.54) is 115 Å². The second-order valence-corrected chi connectivity index (χ2v) is 40.7. The topological polar surface area (TPSA) is 199 Å². The van der Waals surface area contributed by atoms with Gasteiger partial charge in [0.2, 0.25) is 0 Å². The number of aromatic nitrogens is 14. The van der Waals surface area contributed by atoms with E-state index in [4.69, 9.17) is 9.47 Å². The van der Waals surface area contributed by atoms with Gasteiger partial charge < -0.3 is 9.47 Å². The molecule has 0 amide bonds. The number of pyridine rings is 1. The maximum absolute atomic E-state index is 5.25. The summed E-state index contributed by atoms with van der Waals surface area (Å²) >= 11 is 5.10. The highest BCUT2D eigenvalue weighted by atomic mass is 32.1. The molecule has 9 aromatic heterocycles. The van der Waals surface area contributed by atoms with Crippen LogP contribution in [0.3, 0.4) is 0 Å². The van der Waals surface area contributed by atoms with E-state index in [1.54, 1.807) is 96.2 Å². The third kappa shape index (κ3) is 60.8. The molecular formula is C111H176N14O2S3. The summed E-state index contributed by atoms with van der Waals surface area (Å²) in [6.07, 6.45) is 43.7. The van der Waals surface area contributed by atoms with Crippen LogP contribution < -0.4 is 0 Å². The maximum atomic E-state index is 5.25. The van der Waals surface area contributed by atoms with Gasteiger partial charge in [0.25, 0.3) is 0 Å². The fourth-order valence-electron chi connectivity index (χ4n) is 12.9. The number of benzene rings is 2. The molecule has 4 aliphatic rings. The van der Waals surface area contributed by atoms with Gasteiger partial charge in [0.15, 0.2) is 0 Å². The molecule has 0 radical (unpaired) electrons. The minimum Gasteiger partial charge on any atom is -0.381 e. The number of nitrogens with zero attached hydrogens (tertiary/aromatic N) is 14. The van der Waals surface area contributed by atoms with Crippen molar-refractivity contribution in [2.45, 2.75) is 350 Å². The molecule has 1 atom stereocenters. The number of hydrogen-bond acceptors (Lipinski definition) is 19. The minimum absolute atomic E-state index is 0.436. The van der Waals surface area contributed by atoms with E-state index in [1.807, 2.05) is 89.8 Å². The Labute approximate surface area is 804 Å². The molecule has 2 aliphatic carbocycles. The summed E-state index contributed by atoms with van der Waals surface area (Å²) < 4.78 is 10.5. The zero-order chi connectivity index (χ0) is 96.8. The van der Waals surface area contributed by atoms with Crippen LogP contribution in [0.25, 0.3) is 0 Å². The van der Waals surface area contributed by atoms with Crippen molar-refractivity contribution in [1.82, 2.24) is 70.0 Å². The predicted octanol–water partition coefficient (Wildman–Crippen LogP) is 32.4. The van der Waals surface area contributed by atoms with Gasteiger partial charge in [0.05, 0.1) is 33.1 Å². The van der Waals surface area contributed by atoms with E-state index in [0.717, 1.165) is 96.7 Å². The fraction of sp³-hybridized carbons (Fsp3) is 0.586. The van der Waals surface area contributed by atoms with Crippen molar-refractivity contribution in [1.29, 1.82) is 0 Å². The normalized spacial score (nSPS) is 13.9. The van der Waals surface area contributed by atoms with Crippen molar-refractivity contribution in [3.8, 4) is 0 Å². The quantitative estimate of drug-likeness (QED) is 0.0938. The molecule has 2 saturated heterocycles. The van der Waals surface area contributed by atoms with Crippen LogP contribution in [-0.4, -0.2) is 96.4 Å². The summed E-state index contributed by atoms with van der Waals surface area (Å²) in [4.78, 5) is 49.5. The lowest BCUT2D eigenvalue weighted by molar-refractivity contribution is 0.0523. The van der Waals surface area contributed by atoms with Gasteiger partial charge in [-0.05, 0) is 172 Å². The Balaban J connectivity index is 0.000000697. The van der Waals surface area contributed by atoms with Crippen molar-refractivity contribution in [2.24, 2.45) is 47.3 Å². The average Bonchev–Trinajstić information content (AvgIpc) is 1.91. The highest BCUT2D eigenvalue weighted by Crippen LogP contribution is 2.32. The summed E-state index contributed by atoms with van der Waals surface area (Å²) in [5, 5.41) is 13.0. The number of thiazole rings is 3. The Morgan fingerprint density at radius 3 is 1.05 bits per heavy atom.